The highest BCUT2D eigenvalue weighted by Crippen LogP contribution is 2.18. The Hall–Kier alpha value is -0.500. The molecule has 2 heteroatoms. The third kappa shape index (κ3) is 5.69. The van der Waals surface area contributed by atoms with Crippen molar-refractivity contribution in [2.24, 2.45) is 0 Å². The molecule has 74 valence electrons. The summed E-state index contributed by atoms with van der Waals surface area (Å²) in [6.07, 6.45) is 7.79. The third-order valence-corrected chi connectivity index (χ3v) is 2.39. The van der Waals surface area contributed by atoms with Crippen molar-refractivity contribution in [2.75, 3.05) is 6.61 Å². The van der Waals surface area contributed by atoms with Crippen molar-refractivity contribution in [3.05, 3.63) is 35.0 Å². The minimum Gasteiger partial charge on any atom is -0.489 e. The molecular formula is C11H17BrO. The van der Waals surface area contributed by atoms with Crippen molar-refractivity contribution in [1.82, 2.24) is 0 Å². The summed E-state index contributed by atoms with van der Waals surface area (Å²) < 4.78 is 6.57. The van der Waals surface area contributed by atoms with Gasteiger partial charge in [0.2, 0.25) is 0 Å². The van der Waals surface area contributed by atoms with Crippen LogP contribution in [-0.4, -0.2) is 6.61 Å². The minimum absolute atomic E-state index is 0.554. The van der Waals surface area contributed by atoms with Crippen molar-refractivity contribution in [3.8, 4) is 0 Å². The molecule has 0 atom stereocenters. The molecule has 0 rings (SSSR count). The molecule has 0 spiro atoms. The maximum atomic E-state index is 5.47. The molecule has 0 bridgehead atoms. The highest BCUT2D eigenvalue weighted by Gasteiger charge is 1.98. The van der Waals surface area contributed by atoms with E-state index in [-0.39, 0.29) is 0 Å². The van der Waals surface area contributed by atoms with Crippen LogP contribution >= 0.6 is 15.9 Å². The van der Waals surface area contributed by atoms with E-state index in [0.717, 1.165) is 23.1 Å². The molecule has 0 saturated heterocycles. The van der Waals surface area contributed by atoms with Gasteiger partial charge in [-0.3, -0.25) is 0 Å². The first-order valence-electron chi connectivity index (χ1n) is 4.55. The molecule has 0 aliphatic carbocycles. The molecule has 0 heterocycles. The molecule has 0 radical (unpaired) electrons. The van der Waals surface area contributed by atoms with Crippen molar-refractivity contribution in [2.45, 2.75) is 26.7 Å². The van der Waals surface area contributed by atoms with E-state index < -0.39 is 0 Å². The van der Waals surface area contributed by atoms with Crippen molar-refractivity contribution in [1.29, 1.82) is 0 Å². The van der Waals surface area contributed by atoms with E-state index >= 15 is 0 Å². The Balaban J connectivity index is 4.35. The Kier molecular flexibility index (Phi) is 7.80. The summed E-state index contributed by atoms with van der Waals surface area (Å²) in [6, 6.07) is 0. The maximum absolute atomic E-state index is 5.47. The third-order valence-electron chi connectivity index (χ3n) is 1.44. The summed E-state index contributed by atoms with van der Waals surface area (Å²) in [5.74, 6) is 0.907. The molecule has 0 saturated carbocycles. The molecule has 0 amide bonds. The highest BCUT2D eigenvalue weighted by atomic mass is 79.9. The second-order valence-electron chi connectivity index (χ2n) is 2.53. The lowest BCUT2D eigenvalue weighted by Crippen LogP contribution is -1.91. The summed E-state index contributed by atoms with van der Waals surface area (Å²) in [4.78, 5) is 0. The molecular weight excluding hydrogens is 228 g/mol. The summed E-state index contributed by atoms with van der Waals surface area (Å²) in [5, 5.41) is 0. The number of allylic oxidation sites excluding steroid dienone is 3. The first-order valence-corrected chi connectivity index (χ1v) is 5.34. The van der Waals surface area contributed by atoms with E-state index in [1.807, 2.05) is 6.08 Å². The van der Waals surface area contributed by atoms with Crippen LogP contribution in [0.3, 0.4) is 0 Å². The number of ether oxygens (including phenoxy) is 1. The van der Waals surface area contributed by atoms with Gasteiger partial charge < -0.3 is 4.74 Å². The van der Waals surface area contributed by atoms with Crippen LogP contribution in [0.15, 0.2) is 35.0 Å². The molecule has 0 N–H and O–H groups in total. The van der Waals surface area contributed by atoms with Crippen molar-refractivity contribution >= 4 is 15.9 Å². The predicted molar refractivity (Wildman–Crippen MR) is 61.8 cm³/mol. The van der Waals surface area contributed by atoms with Gasteiger partial charge in [0, 0.05) is 4.48 Å². The lowest BCUT2D eigenvalue weighted by Gasteiger charge is -2.06. The Morgan fingerprint density at radius 2 is 2.15 bits per heavy atom. The minimum atomic E-state index is 0.554. The van der Waals surface area contributed by atoms with E-state index in [0.29, 0.717) is 6.61 Å². The number of rotatable bonds is 6. The van der Waals surface area contributed by atoms with Crippen LogP contribution in [-0.2, 0) is 4.74 Å². The zero-order chi connectivity index (χ0) is 10.1. The van der Waals surface area contributed by atoms with Gasteiger partial charge in [-0.05, 0) is 18.9 Å². The molecule has 0 aliphatic heterocycles. The molecule has 0 aromatic carbocycles. The lowest BCUT2D eigenvalue weighted by molar-refractivity contribution is 0.259. The van der Waals surface area contributed by atoms with Crippen molar-refractivity contribution < 1.29 is 4.74 Å². The second-order valence-corrected chi connectivity index (χ2v) is 3.49. The fourth-order valence-electron chi connectivity index (χ4n) is 0.765. The summed E-state index contributed by atoms with van der Waals surface area (Å²) in [6.45, 7) is 8.35. The van der Waals surface area contributed by atoms with Crippen LogP contribution in [0.25, 0.3) is 0 Å². The second kappa shape index (κ2) is 8.11. The lowest BCUT2D eigenvalue weighted by atomic mass is 10.3. The average Bonchev–Trinajstić information content (AvgIpc) is 2.17. The Morgan fingerprint density at radius 3 is 2.62 bits per heavy atom. The largest absolute Gasteiger partial charge is 0.489 e. The predicted octanol–water partition coefficient (Wildman–Crippen LogP) is 4.17. The van der Waals surface area contributed by atoms with Gasteiger partial charge in [-0.15, -0.1) is 0 Å². The summed E-state index contributed by atoms with van der Waals surface area (Å²) in [5.41, 5.74) is 0. The highest BCUT2D eigenvalue weighted by molar-refractivity contribution is 9.11. The average molecular weight is 245 g/mol. The van der Waals surface area contributed by atoms with Crippen LogP contribution in [0.2, 0.25) is 0 Å². The zero-order valence-corrected chi connectivity index (χ0v) is 9.93. The molecule has 13 heavy (non-hydrogen) atoms. The van der Waals surface area contributed by atoms with Crippen LogP contribution in [0.5, 0.6) is 0 Å². The van der Waals surface area contributed by atoms with Gasteiger partial charge in [-0.25, -0.2) is 0 Å². The number of hydrogen-bond acceptors (Lipinski definition) is 1. The van der Waals surface area contributed by atoms with Gasteiger partial charge in [-0.2, -0.15) is 0 Å². The standard InChI is InChI=1S/C11H17BrO/c1-4-7-8-11(10(12)6-3)13-9-5-2/h5,7-8H,2,4,6,9H2,1,3H3/b8-7-,11-10-. The van der Waals surface area contributed by atoms with Crippen LogP contribution in [0, 0.1) is 0 Å². The normalized spacial score (nSPS) is 12.8. The Labute approximate surface area is 89.3 Å². The first-order chi connectivity index (χ1) is 6.26. The van der Waals surface area contributed by atoms with Gasteiger partial charge in [0.05, 0.1) is 0 Å². The maximum Gasteiger partial charge on any atom is 0.129 e. The molecule has 0 fully saturated rings. The quantitative estimate of drug-likeness (QED) is 0.387. The molecule has 0 aliphatic rings. The van der Waals surface area contributed by atoms with Gasteiger partial charge in [-0.1, -0.05) is 48.5 Å². The molecule has 0 aromatic heterocycles. The van der Waals surface area contributed by atoms with Crippen LogP contribution in [0.1, 0.15) is 26.7 Å². The Morgan fingerprint density at radius 1 is 1.46 bits per heavy atom. The molecule has 0 unspecified atom stereocenters. The fourth-order valence-corrected chi connectivity index (χ4v) is 1.01. The first kappa shape index (κ1) is 12.5. The smallest absolute Gasteiger partial charge is 0.129 e. The molecule has 0 aromatic rings. The van der Waals surface area contributed by atoms with E-state index in [1.165, 1.54) is 0 Å². The van der Waals surface area contributed by atoms with E-state index in [4.69, 9.17) is 4.74 Å². The number of halogens is 1. The molecule has 1 nitrogen and oxygen atoms in total. The van der Waals surface area contributed by atoms with Crippen LogP contribution < -0.4 is 0 Å². The van der Waals surface area contributed by atoms with Crippen molar-refractivity contribution in [3.63, 3.8) is 0 Å². The number of hydrogen-bond donors (Lipinski definition) is 0. The summed E-state index contributed by atoms with van der Waals surface area (Å²) in [7, 11) is 0. The topological polar surface area (TPSA) is 9.23 Å². The van der Waals surface area contributed by atoms with E-state index in [2.05, 4.69) is 42.4 Å². The van der Waals surface area contributed by atoms with E-state index in [9.17, 15) is 0 Å². The Bertz CT molecular complexity index is 204. The van der Waals surface area contributed by atoms with Gasteiger partial charge in [0.25, 0.3) is 0 Å². The zero-order valence-electron chi connectivity index (χ0n) is 8.35. The van der Waals surface area contributed by atoms with Gasteiger partial charge >= 0.3 is 0 Å². The van der Waals surface area contributed by atoms with Gasteiger partial charge in [0.15, 0.2) is 0 Å². The fraction of sp³-hybridized carbons (Fsp3) is 0.455. The van der Waals surface area contributed by atoms with E-state index in [1.54, 1.807) is 6.08 Å². The van der Waals surface area contributed by atoms with Crippen LogP contribution in [0.4, 0.5) is 0 Å². The summed E-state index contributed by atoms with van der Waals surface area (Å²) >= 11 is 3.47. The monoisotopic (exact) mass is 244 g/mol. The van der Waals surface area contributed by atoms with Gasteiger partial charge in [0.1, 0.15) is 12.4 Å². The SMILES string of the molecule is C=CCOC(/C=C\CC)=C(\Br)CC.